The first-order valence-electron chi connectivity index (χ1n) is 15.0. The number of benzene rings is 3. The van der Waals surface area contributed by atoms with E-state index in [4.69, 9.17) is 9.84 Å². The van der Waals surface area contributed by atoms with Crippen LogP contribution in [0.5, 0.6) is 5.75 Å². The van der Waals surface area contributed by atoms with Crippen molar-refractivity contribution in [3.05, 3.63) is 89.5 Å². The molecule has 3 aromatic carbocycles. The van der Waals surface area contributed by atoms with Gasteiger partial charge in [0.1, 0.15) is 18.2 Å². The fraction of sp³-hybridized carbons (Fsp3) is 0.382. The molecule has 1 fully saturated rings. The molecule has 6 rings (SSSR count). The number of fused-ring (bicyclic) bond motifs is 1. The van der Waals surface area contributed by atoms with Gasteiger partial charge in [-0.25, -0.2) is 9.80 Å². The van der Waals surface area contributed by atoms with Crippen LogP contribution >= 0.6 is 0 Å². The molecule has 0 radical (unpaired) electrons. The number of hydrogen-bond acceptors (Lipinski definition) is 5. The Morgan fingerprint density at radius 1 is 0.951 bits per heavy atom. The van der Waals surface area contributed by atoms with Gasteiger partial charge in [0.25, 0.3) is 0 Å². The largest absolute Gasteiger partial charge is 0.489 e. The second-order valence-electron chi connectivity index (χ2n) is 11.4. The Bertz CT molecular complexity index is 1430. The topological polar surface area (TPSA) is 69.5 Å². The van der Waals surface area contributed by atoms with Crippen molar-refractivity contribution in [1.29, 1.82) is 0 Å². The number of hydrogen-bond donors (Lipinski definition) is 1. The standard InChI is InChI=1S/C34H39N5O2/c1-24(2)39-34(40)38(28-15-13-25(14-16-28)21-32-35-19-20-36-32)31-22-29(41-23-26-9-5-3-6-10-26)17-18-30(31)33(37-39)27-11-7-4-8-12-27/h3,5-6,9-10,13-18,22,24,27H,4,7-8,11-12,19-21,23H2,1-2H3,(H,35,36). The number of amidine groups is 1. The van der Waals surface area contributed by atoms with Gasteiger partial charge in [0, 0.05) is 30.5 Å². The minimum absolute atomic E-state index is 0.0857. The number of urea groups is 1. The lowest BCUT2D eigenvalue weighted by molar-refractivity contribution is 0.195. The minimum Gasteiger partial charge on any atom is -0.489 e. The molecule has 0 atom stereocenters. The highest BCUT2D eigenvalue weighted by atomic mass is 16.5. The van der Waals surface area contributed by atoms with Crippen LogP contribution in [-0.2, 0) is 13.0 Å². The van der Waals surface area contributed by atoms with E-state index in [-0.39, 0.29) is 12.1 Å². The number of carbonyl (C=O) groups is 1. The average Bonchev–Trinajstić information content (AvgIpc) is 3.47. The third-order valence-electron chi connectivity index (χ3n) is 8.13. The lowest BCUT2D eigenvalue weighted by atomic mass is 9.83. The first-order valence-corrected chi connectivity index (χ1v) is 15.0. The van der Waals surface area contributed by atoms with E-state index in [1.165, 1.54) is 19.3 Å². The lowest BCUT2D eigenvalue weighted by Crippen LogP contribution is -2.41. The zero-order valence-corrected chi connectivity index (χ0v) is 24.1. The number of amides is 2. The van der Waals surface area contributed by atoms with E-state index >= 15 is 0 Å². The molecule has 0 aromatic heterocycles. The molecule has 0 unspecified atom stereocenters. The molecule has 1 saturated carbocycles. The predicted molar refractivity (Wildman–Crippen MR) is 165 cm³/mol. The molecule has 212 valence electrons. The molecular formula is C34H39N5O2. The highest BCUT2D eigenvalue weighted by Crippen LogP contribution is 2.40. The van der Waals surface area contributed by atoms with E-state index in [2.05, 4.69) is 40.6 Å². The second-order valence-corrected chi connectivity index (χ2v) is 11.4. The molecule has 0 saturated heterocycles. The maximum Gasteiger partial charge on any atom is 0.349 e. The summed E-state index contributed by atoms with van der Waals surface area (Å²) >= 11 is 0. The third kappa shape index (κ3) is 5.99. The fourth-order valence-electron chi connectivity index (χ4n) is 5.95. The quantitative estimate of drug-likeness (QED) is 0.327. The summed E-state index contributed by atoms with van der Waals surface area (Å²) < 4.78 is 6.26. The highest BCUT2D eigenvalue weighted by Gasteiger charge is 2.35. The van der Waals surface area contributed by atoms with E-state index in [0.29, 0.717) is 12.5 Å². The molecular weight excluding hydrogens is 510 g/mol. The molecule has 2 aliphatic heterocycles. The maximum absolute atomic E-state index is 14.3. The van der Waals surface area contributed by atoms with Gasteiger partial charge in [-0.15, -0.1) is 0 Å². The van der Waals surface area contributed by atoms with Crippen LogP contribution in [0.1, 0.15) is 62.6 Å². The van der Waals surface area contributed by atoms with Crippen molar-refractivity contribution in [2.45, 2.75) is 65.0 Å². The molecule has 0 bridgehead atoms. The van der Waals surface area contributed by atoms with Crippen LogP contribution in [-0.4, -0.2) is 41.7 Å². The molecule has 3 aliphatic rings. The van der Waals surface area contributed by atoms with Crippen molar-refractivity contribution in [3.63, 3.8) is 0 Å². The summed E-state index contributed by atoms with van der Waals surface area (Å²) in [4.78, 5) is 20.7. The van der Waals surface area contributed by atoms with Gasteiger partial charge in [0.2, 0.25) is 0 Å². The number of aliphatic imine (C=N–C) groups is 1. The molecule has 1 aliphatic carbocycles. The summed E-state index contributed by atoms with van der Waals surface area (Å²) in [7, 11) is 0. The minimum atomic E-state index is -0.151. The van der Waals surface area contributed by atoms with Gasteiger partial charge < -0.3 is 10.1 Å². The van der Waals surface area contributed by atoms with Gasteiger partial charge in [-0.1, -0.05) is 61.7 Å². The van der Waals surface area contributed by atoms with Crippen molar-refractivity contribution in [2.75, 3.05) is 18.0 Å². The Kier molecular flexibility index (Phi) is 8.03. The molecule has 41 heavy (non-hydrogen) atoms. The van der Waals surface area contributed by atoms with Gasteiger partial charge in [-0.2, -0.15) is 5.10 Å². The van der Waals surface area contributed by atoms with Crippen LogP contribution in [0.2, 0.25) is 0 Å². The summed E-state index contributed by atoms with van der Waals surface area (Å²) in [5, 5.41) is 10.1. The predicted octanol–water partition coefficient (Wildman–Crippen LogP) is 7.08. The van der Waals surface area contributed by atoms with Crippen LogP contribution in [0.25, 0.3) is 0 Å². The summed E-state index contributed by atoms with van der Waals surface area (Å²) in [5.41, 5.74) is 5.91. The Balaban J connectivity index is 1.40. The monoisotopic (exact) mass is 549 g/mol. The molecule has 7 heteroatoms. The van der Waals surface area contributed by atoms with Crippen molar-refractivity contribution >= 4 is 29.0 Å². The normalized spacial score (nSPS) is 17.6. The first kappa shape index (κ1) is 27.1. The number of ether oxygens (including phenoxy) is 1. The van der Waals surface area contributed by atoms with Crippen LogP contribution in [0.4, 0.5) is 16.2 Å². The summed E-state index contributed by atoms with van der Waals surface area (Å²) in [5.74, 6) is 2.08. The SMILES string of the molecule is CC(C)N1N=C(C2CCCCC2)c2ccc(OCc3ccccc3)cc2N(c2ccc(CC3=NCCN3)cc2)C1=O. The van der Waals surface area contributed by atoms with Crippen LogP contribution < -0.4 is 15.0 Å². The van der Waals surface area contributed by atoms with Gasteiger partial charge in [0.15, 0.2) is 0 Å². The molecule has 0 spiro atoms. The van der Waals surface area contributed by atoms with E-state index in [1.807, 2.05) is 61.2 Å². The number of rotatable bonds is 8. The third-order valence-corrected chi connectivity index (χ3v) is 8.13. The van der Waals surface area contributed by atoms with E-state index in [0.717, 1.165) is 77.7 Å². The number of carbonyl (C=O) groups excluding carboxylic acids is 1. The lowest BCUT2D eigenvalue weighted by Gasteiger charge is -2.29. The summed E-state index contributed by atoms with van der Waals surface area (Å²) in [6, 6.07) is 24.3. The van der Waals surface area contributed by atoms with Gasteiger partial charge in [-0.05, 0) is 62.1 Å². The van der Waals surface area contributed by atoms with Gasteiger partial charge in [0.05, 0.1) is 29.7 Å². The number of nitrogens with zero attached hydrogens (tertiary/aromatic N) is 4. The number of nitrogens with one attached hydrogen (secondary N) is 1. The number of anilines is 2. The highest BCUT2D eigenvalue weighted by molar-refractivity contribution is 6.14. The Labute approximate surface area is 242 Å². The van der Waals surface area contributed by atoms with Gasteiger partial charge >= 0.3 is 6.03 Å². The zero-order valence-electron chi connectivity index (χ0n) is 24.1. The van der Waals surface area contributed by atoms with E-state index in [9.17, 15) is 4.79 Å². The first-order chi connectivity index (χ1) is 20.1. The van der Waals surface area contributed by atoms with Crippen LogP contribution in [0.15, 0.2) is 82.9 Å². The Hall–Kier alpha value is -4.13. The van der Waals surface area contributed by atoms with Crippen molar-refractivity contribution in [3.8, 4) is 5.75 Å². The van der Waals surface area contributed by atoms with Crippen molar-refractivity contribution in [2.24, 2.45) is 16.0 Å². The fourth-order valence-corrected chi connectivity index (χ4v) is 5.95. The molecule has 2 heterocycles. The Morgan fingerprint density at radius 3 is 2.44 bits per heavy atom. The van der Waals surface area contributed by atoms with E-state index in [1.54, 1.807) is 5.01 Å². The smallest absolute Gasteiger partial charge is 0.349 e. The summed E-state index contributed by atoms with van der Waals surface area (Å²) in [6.45, 7) is 6.24. The van der Waals surface area contributed by atoms with Crippen molar-refractivity contribution < 1.29 is 9.53 Å². The van der Waals surface area contributed by atoms with Crippen molar-refractivity contribution in [1.82, 2.24) is 10.3 Å². The van der Waals surface area contributed by atoms with Crippen LogP contribution in [0, 0.1) is 5.92 Å². The number of hydrazone groups is 1. The molecule has 3 aromatic rings. The second kappa shape index (κ2) is 12.2. The molecule has 1 N–H and O–H groups in total. The average molecular weight is 550 g/mol. The Morgan fingerprint density at radius 2 is 1.73 bits per heavy atom. The van der Waals surface area contributed by atoms with Crippen LogP contribution in [0.3, 0.4) is 0 Å². The maximum atomic E-state index is 14.3. The molecule has 2 amide bonds. The van der Waals surface area contributed by atoms with Gasteiger partial charge in [-0.3, -0.25) is 9.89 Å². The zero-order chi connectivity index (χ0) is 28.2. The summed E-state index contributed by atoms with van der Waals surface area (Å²) in [6.07, 6.45) is 6.59. The van der Waals surface area contributed by atoms with E-state index < -0.39 is 0 Å². The molecule has 7 nitrogen and oxygen atoms in total.